The average molecular weight is 294 g/mol. The molecule has 1 aromatic carbocycles. The largest absolute Gasteiger partial charge is 0.489 e. The molecular weight excluding hydrogens is 288 g/mol. The Morgan fingerprint density at radius 2 is 2.13 bits per heavy atom. The van der Waals surface area contributed by atoms with E-state index in [4.69, 9.17) is 14.7 Å². The van der Waals surface area contributed by atoms with Crippen molar-refractivity contribution in [2.45, 2.75) is 4.90 Å². The third-order valence-corrected chi connectivity index (χ3v) is 3.43. The Kier molecular flexibility index (Phi) is 3.28. The van der Waals surface area contributed by atoms with Gasteiger partial charge in [-0.1, -0.05) is 0 Å². The second-order valence-corrected chi connectivity index (χ2v) is 4.77. The smallest absolute Gasteiger partial charge is 0.427 e. The van der Waals surface area contributed by atoms with Gasteiger partial charge in [0.1, 0.15) is 4.90 Å². The third kappa shape index (κ3) is 2.44. The molecule has 6 nitrogen and oxygen atoms in total. The number of halogens is 1. The Bertz CT molecular complexity index is 535. The molecule has 0 aliphatic carbocycles. The van der Waals surface area contributed by atoms with Crippen LogP contribution in [0.2, 0.25) is 0 Å². The summed E-state index contributed by atoms with van der Waals surface area (Å²) in [6.07, 6.45) is 0. The number of hydrogen-bond donors (Lipinski definition) is 1. The van der Waals surface area contributed by atoms with Crippen LogP contribution in [0.3, 0.4) is 0 Å². The third-order valence-electron chi connectivity index (χ3n) is 1.62. The summed E-state index contributed by atoms with van der Waals surface area (Å²) in [5.74, 6) is 0.178. The van der Waals surface area contributed by atoms with Crippen molar-refractivity contribution >= 4 is 31.7 Å². The molecule has 0 amide bonds. The fraction of sp³-hybridized carbons (Fsp3) is 0.143. The van der Waals surface area contributed by atoms with Gasteiger partial charge in [-0.05, 0) is 15.9 Å². The van der Waals surface area contributed by atoms with Gasteiger partial charge in [0.25, 0.3) is 10.1 Å². The molecule has 0 saturated heterocycles. The summed E-state index contributed by atoms with van der Waals surface area (Å²) < 4.78 is 35.5. The van der Waals surface area contributed by atoms with Gasteiger partial charge in [0.15, 0.2) is 4.98 Å². The molecule has 0 bridgehead atoms. The van der Waals surface area contributed by atoms with Crippen LogP contribution in [0, 0.1) is 5.39 Å². The molecule has 0 atom stereocenters. The van der Waals surface area contributed by atoms with Gasteiger partial charge in [-0.2, -0.15) is 8.42 Å². The first-order valence-corrected chi connectivity index (χ1v) is 5.83. The van der Waals surface area contributed by atoms with Crippen molar-refractivity contribution in [3.63, 3.8) is 0 Å². The Balaban J connectivity index is 3.55. The number of rotatable bonds is 2. The molecule has 0 heterocycles. The molecular formula is C7H6BrN2O4S+. The highest BCUT2D eigenvalue weighted by Crippen LogP contribution is 2.35. The average Bonchev–Trinajstić information content (AvgIpc) is 2.15. The van der Waals surface area contributed by atoms with Crippen molar-refractivity contribution in [1.29, 1.82) is 5.39 Å². The van der Waals surface area contributed by atoms with Crippen LogP contribution in [0.15, 0.2) is 21.5 Å². The Hall–Kier alpha value is -1.17. The van der Waals surface area contributed by atoms with Crippen LogP contribution >= 0.6 is 15.9 Å². The molecule has 1 aromatic rings. The minimum absolute atomic E-state index is 0.0895. The maximum atomic E-state index is 10.9. The predicted molar refractivity (Wildman–Crippen MR) is 55.3 cm³/mol. The Morgan fingerprint density at radius 1 is 1.53 bits per heavy atom. The van der Waals surface area contributed by atoms with E-state index in [-0.39, 0.29) is 15.9 Å². The minimum atomic E-state index is -4.36. The monoisotopic (exact) mass is 293 g/mol. The van der Waals surface area contributed by atoms with Crippen molar-refractivity contribution in [1.82, 2.24) is 0 Å². The SMILES string of the molecule is COc1cc(Br)c(S(=O)(=O)O)cc1[N+]#N. The molecule has 0 saturated carbocycles. The molecule has 0 unspecified atom stereocenters. The lowest BCUT2D eigenvalue weighted by Crippen LogP contribution is -1.99. The van der Waals surface area contributed by atoms with Crippen molar-refractivity contribution < 1.29 is 17.7 Å². The summed E-state index contributed by atoms with van der Waals surface area (Å²) in [5.41, 5.74) is -0.0895. The minimum Gasteiger partial charge on any atom is -0.489 e. The zero-order valence-corrected chi connectivity index (χ0v) is 9.91. The zero-order chi connectivity index (χ0) is 11.6. The molecule has 1 rings (SSSR count). The first-order valence-electron chi connectivity index (χ1n) is 3.60. The van der Waals surface area contributed by atoms with Crippen LogP contribution in [0.1, 0.15) is 0 Å². The van der Waals surface area contributed by atoms with Crippen LogP contribution in [0.5, 0.6) is 5.75 Å². The van der Waals surface area contributed by atoms with Crippen LogP contribution in [0.25, 0.3) is 4.98 Å². The van der Waals surface area contributed by atoms with Gasteiger partial charge in [-0.25, -0.2) is 0 Å². The molecule has 1 N–H and O–H groups in total. The number of methoxy groups -OCH3 is 1. The van der Waals surface area contributed by atoms with E-state index in [0.29, 0.717) is 0 Å². The van der Waals surface area contributed by atoms with Crippen molar-refractivity contribution in [3.8, 4) is 5.75 Å². The summed E-state index contributed by atoms with van der Waals surface area (Å²) in [6.45, 7) is 0. The van der Waals surface area contributed by atoms with Gasteiger partial charge < -0.3 is 4.74 Å². The summed E-state index contributed by atoms with van der Waals surface area (Å²) in [4.78, 5) is 2.44. The lowest BCUT2D eigenvalue weighted by molar-refractivity contribution is 0.416. The van der Waals surface area contributed by atoms with Crippen LogP contribution in [-0.4, -0.2) is 20.1 Å². The molecule has 0 radical (unpaired) electrons. The summed E-state index contributed by atoms with van der Waals surface area (Å²) in [5, 5.41) is 8.58. The van der Waals surface area contributed by atoms with Gasteiger partial charge in [-0.15, -0.1) is 0 Å². The quantitative estimate of drug-likeness (QED) is 0.666. The number of diazo groups is 1. The first-order chi connectivity index (χ1) is 6.90. The first kappa shape index (κ1) is 11.9. The summed E-state index contributed by atoms with van der Waals surface area (Å²) in [7, 11) is -3.03. The topological polar surface area (TPSA) is 91.8 Å². The second-order valence-electron chi connectivity index (χ2n) is 2.53. The maximum Gasteiger partial charge on any atom is 0.427 e. The standard InChI is InChI=1S/C7H5BrN2O4S/c1-14-6-2-4(8)7(15(11,12)13)3-5(6)10-9/h2-3H,1H3/p+1. The number of benzene rings is 1. The van der Waals surface area contributed by atoms with E-state index in [2.05, 4.69) is 20.9 Å². The number of nitrogens with zero attached hydrogens (tertiary/aromatic N) is 2. The summed E-state index contributed by atoms with van der Waals surface area (Å²) in [6, 6.07) is 2.26. The van der Waals surface area contributed by atoms with Crippen LogP contribution in [-0.2, 0) is 10.1 Å². The van der Waals surface area contributed by atoms with Gasteiger partial charge in [0, 0.05) is 10.5 Å². The van der Waals surface area contributed by atoms with Gasteiger partial charge in [0.05, 0.1) is 13.2 Å². The molecule has 8 heteroatoms. The fourth-order valence-corrected chi connectivity index (χ4v) is 2.47. The van der Waals surface area contributed by atoms with Gasteiger partial charge >= 0.3 is 5.69 Å². The van der Waals surface area contributed by atoms with Crippen molar-refractivity contribution in [3.05, 3.63) is 21.6 Å². The molecule has 0 aliphatic rings. The van der Waals surface area contributed by atoms with E-state index in [1.54, 1.807) is 0 Å². The Morgan fingerprint density at radius 3 is 2.53 bits per heavy atom. The van der Waals surface area contributed by atoms with Crippen molar-refractivity contribution in [2.75, 3.05) is 7.11 Å². The molecule has 0 aliphatic heterocycles. The lowest BCUT2D eigenvalue weighted by Gasteiger charge is -2.01. The number of ether oxygens (including phenoxy) is 1. The lowest BCUT2D eigenvalue weighted by atomic mass is 10.3. The van der Waals surface area contributed by atoms with Gasteiger partial charge in [0.2, 0.25) is 11.1 Å². The normalized spacial score (nSPS) is 10.8. The Labute approximate surface area is 94.4 Å². The molecule has 80 valence electrons. The maximum absolute atomic E-state index is 10.9. The highest BCUT2D eigenvalue weighted by Gasteiger charge is 2.24. The highest BCUT2D eigenvalue weighted by molar-refractivity contribution is 9.10. The summed E-state index contributed by atoms with van der Waals surface area (Å²) >= 11 is 2.94. The van der Waals surface area contributed by atoms with E-state index in [9.17, 15) is 8.42 Å². The molecule has 0 aromatic heterocycles. The van der Waals surface area contributed by atoms with Crippen LogP contribution in [0.4, 0.5) is 5.69 Å². The van der Waals surface area contributed by atoms with Crippen molar-refractivity contribution in [2.24, 2.45) is 0 Å². The van der Waals surface area contributed by atoms with Crippen LogP contribution < -0.4 is 4.74 Å². The fourth-order valence-electron chi connectivity index (χ4n) is 0.964. The van der Waals surface area contributed by atoms with E-state index < -0.39 is 15.0 Å². The zero-order valence-electron chi connectivity index (χ0n) is 7.51. The van der Waals surface area contributed by atoms with E-state index >= 15 is 0 Å². The molecule has 0 spiro atoms. The predicted octanol–water partition coefficient (Wildman–Crippen LogP) is 2.19. The number of hydrogen-bond acceptors (Lipinski definition) is 4. The van der Waals surface area contributed by atoms with E-state index in [1.165, 1.54) is 13.2 Å². The molecule has 15 heavy (non-hydrogen) atoms. The molecule has 0 fully saturated rings. The van der Waals surface area contributed by atoms with E-state index in [0.717, 1.165) is 6.07 Å². The second kappa shape index (κ2) is 4.14. The highest BCUT2D eigenvalue weighted by atomic mass is 79.9. The van der Waals surface area contributed by atoms with Gasteiger partial charge in [-0.3, -0.25) is 4.55 Å². The van der Waals surface area contributed by atoms with E-state index in [1.807, 2.05) is 0 Å².